The molecule has 0 aliphatic carbocycles. The molecule has 0 heterocycles. The first-order valence-electron chi connectivity index (χ1n) is 7.68. The molecule has 0 spiro atoms. The highest BCUT2D eigenvalue weighted by atomic mass is 16.5. The summed E-state index contributed by atoms with van der Waals surface area (Å²) >= 11 is 0. The quantitative estimate of drug-likeness (QED) is 0.481. The molecule has 0 bridgehead atoms. The molecule has 0 saturated carbocycles. The van der Waals surface area contributed by atoms with Crippen molar-refractivity contribution in [3.05, 3.63) is 42.5 Å². The van der Waals surface area contributed by atoms with Gasteiger partial charge in [-0.25, -0.2) is 5.43 Å². The van der Waals surface area contributed by atoms with E-state index < -0.39 is 5.91 Å². The number of ether oxygens (including phenoxy) is 2. The van der Waals surface area contributed by atoms with Crippen LogP contribution in [-0.4, -0.2) is 30.8 Å². The van der Waals surface area contributed by atoms with Crippen molar-refractivity contribution in [3.63, 3.8) is 0 Å². The van der Waals surface area contributed by atoms with Gasteiger partial charge in [0, 0.05) is 11.1 Å². The zero-order valence-electron chi connectivity index (χ0n) is 13.7. The molecular weight excluding hydrogens is 308 g/mol. The van der Waals surface area contributed by atoms with Crippen molar-refractivity contribution in [3.8, 4) is 5.75 Å². The van der Waals surface area contributed by atoms with Crippen LogP contribution in [-0.2, 0) is 14.3 Å². The first kappa shape index (κ1) is 17.5. The van der Waals surface area contributed by atoms with Gasteiger partial charge >= 0.3 is 5.97 Å². The van der Waals surface area contributed by atoms with Crippen molar-refractivity contribution >= 4 is 28.4 Å². The second-order valence-electron chi connectivity index (χ2n) is 5.13. The molecule has 0 saturated heterocycles. The van der Waals surface area contributed by atoms with Crippen LogP contribution in [0.25, 0.3) is 10.8 Å². The zero-order valence-corrected chi connectivity index (χ0v) is 13.7. The van der Waals surface area contributed by atoms with Crippen LogP contribution in [0.15, 0.2) is 47.6 Å². The zero-order chi connectivity index (χ0) is 17.4. The fourth-order valence-corrected chi connectivity index (χ4v) is 2.12. The summed E-state index contributed by atoms with van der Waals surface area (Å²) in [6, 6.07) is 13.4. The van der Waals surface area contributed by atoms with Gasteiger partial charge in [-0.1, -0.05) is 36.4 Å². The van der Waals surface area contributed by atoms with E-state index in [9.17, 15) is 9.59 Å². The van der Waals surface area contributed by atoms with Gasteiger partial charge in [0.2, 0.25) is 0 Å². The van der Waals surface area contributed by atoms with E-state index in [1.54, 1.807) is 13.8 Å². The number of fused-ring (bicyclic) bond motifs is 1. The molecule has 1 N–H and O–H groups in total. The van der Waals surface area contributed by atoms with Gasteiger partial charge in [-0.05, 0) is 25.3 Å². The maximum Gasteiger partial charge on any atom is 0.311 e. The molecule has 0 aromatic heterocycles. The number of amides is 1. The van der Waals surface area contributed by atoms with Crippen LogP contribution >= 0.6 is 0 Å². The molecule has 24 heavy (non-hydrogen) atoms. The smallest absolute Gasteiger partial charge is 0.311 e. The maximum atomic E-state index is 11.8. The third kappa shape index (κ3) is 5.08. The lowest BCUT2D eigenvalue weighted by molar-refractivity contribution is -0.141. The van der Waals surface area contributed by atoms with Gasteiger partial charge in [-0.2, -0.15) is 5.10 Å². The Morgan fingerprint density at radius 2 is 1.88 bits per heavy atom. The Hall–Kier alpha value is -2.89. The number of nitrogens with one attached hydrogen (secondary N) is 1. The molecule has 2 aromatic carbocycles. The molecule has 0 atom stereocenters. The molecule has 0 aliphatic heterocycles. The minimum Gasteiger partial charge on any atom is -0.483 e. The van der Waals surface area contributed by atoms with E-state index in [4.69, 9.17) is 9.47 Å². The lowest BCUT2D eigenvalue weighted by atomic mass is 10.1. The number of hydrogen-bond acceptors (Lipinski definition) is 5. The molecule has 0 radical (unpaired) electrons. The number of benzene rings is 2. The van der Waals surface area contributed by atoms with Gasteiger partial charge in [-0.15, -0.1) is 0 Å². The van der Waals surface area contributed by atoms with Crippen LogP contribution < -0.4 is 10.2 Å². The Bertz CT molecular complexity index is 750. The molecule has 1 amide bonds. The highest BCUT2D eigenvalue weighted by molar-refractivity contribution is 5.98. The van der Waals surface area contributed by atoms with Gasteiger partial charge < -0.3 is 9.47 Å². The molecule has 0 unspecified atom stereocenters. The van der Waals surface area contributed by atoms with E-state index in [2.05, 4.69) is 10.5 Å². The molecule has 126 valence electrons. The Morgan fingerprint density at radius 1 is 1.12 bits per heavy atom. The number of hydrazone groups is 1. The molecular formula is C18H20N2O4. The second kappa shape index (κ2) is 8.67. The summed E-state index contributed by atoms with van der Waals surface area (Å²) in [6.07, 6.45) is 0.0400. The van der Waals surface area contributed by atoms with Gasteiger partial charge in [0.15, 0.2) is 6.61 Å². The van der Waals surface area contributed by atoms with E-state index in [1.165, 1.54) is 0 Å². The van der Waals surface area contributed by atoms with E-state index >= 15 is 0 Å². The lowest BCUT2D eigenvalue weighted by Gasteiger charge is -2.08. The van der Waals surface area contributed by atoms with Crippen LogP contribution in [0.3, 0.4) is 0 Å². The fourth-order valence-electron chi connectivity index (χ4n) is 2.12. The van der Waals surface area contributed by atoms with Crippen LogP contribution in [0.4, 0.5) is 0 Å². The van der Waals surface area contributed by atoms with E-state index in [-0.39, 0.29) is 19.0 Å². The molecule has 2 aromatic rings. The third-order valence-electron chi connectivity index (χ3n) is 3.19. The second-order valence-corrected chi connectivity index (χ2v) is 5.13. The number of esters is 1. The fraction of sp³-hybridized carbons (Fsp3) is 0.278. The highest BCUT2D eigenvalue weighted by Gasteiger charge is 2.07. The number of carbonyl (C=O) groups is 2. The van der Waals surface area contributed by atoms with E-state index in [0.717, 1.165) is 10.8 Å². The molecule has 6 heteroatoms. The highest BCUT2D eigenvalue weighted by Crippen LogP contribution is 2.24. The number of rotatable bonds is 7. The predicted molar refractivity (Wildman–Crippen MR) is 91.9 cm³/mol. The van der Waals surface area contributed by atoms with Crippen LogP contribution in [0, 0.1) is 0 Å². The van der Waals surface area contributed by atoms with Crippen molar-refractivity contribution in [1.82, 2.24) is 5.43 Å². The Morgan fingerprint density at radius 3 is 2.67 bits per heavy atom. The Labute approximate surface area is 140 Å². The van der Waals surface area contributed by atoms with E-state index in [1.807, 2.05) is 42.5 Å². The summed E-state index contributed by atoms with van der Waals surface area (Å²) in [6.45, 7) is 3.53. The largest absolute Gasteiger partial charge is 0.483 e. The van der Waals surface area contributed by atoms with Crippen LogP contribution in [0.5, 0.6) is 5.75 Å². The van der Waals surface area contributed by atoms with Gasteiger partial charge in [-0.3, -0.25) is 9.59 Å². The summed E-state index contributed by atoms with van der Waals surface area (Å²) in [5.74, 6) is -0.137. The summed E-state index contributed by atoms with van der Waals surface area (Å²) in [4.78, 5) is 23.1. The van der Waals surface area contributed by atoms with Crippen LogP contribution in [0.1, 0.15) is 20.3 Å². The van der Waals surface area contributed by atoms with Gasteiger partial charge in [0.05, 0.1) is 13.0 Å². The predicted octanol–water partition coefficient (Wildman–Crippen LogP) is 2.66. The average molecular weight is 328 g/mol. The first-order valence-corrected chi connectivity index (χ1v) is 7.68. The lowest BCUT2D eigenvalue weighted by Crippen LogP contribution is -2.26. The van der Waals surface area contributed by atoms with Crippen molar-refractivity contribution in [2.24, 2.45) is 5.10 Å². The molecule has 2 rings (SSSR count). The summed E-state index contributed by atoms with van der Waals surface area (Å²) in [7, 11) is 0. The number of hydrogen-bond donors (Lipinski definition) is 1. The van der Waals surface area contributed by atoms with Gasteiger partial charge in [0.25, 0.3) is 5.91 Å². The number of nitrogens with zero attached hydrogens (tertiary/aromatic N) is 1. The average Bonchev–Trinajstić information content (AvgIpc) is 2.58. The number of carbonyl (C=O) groups excluding carboxylic acids is 2. The molecule has 0 fully saturated rings. The summed E-state index contributed by atoms with van der Waals surface area (Å²) < 4.78 is 10.4. The van der Waals surface area contributed by atoms with Crippen molar-refractivity contribution < 1.29 is 19.1 Å². The first-order chi connectivity index (χ1) is 11.6. The van der Waals surface area contributed by atoms with Crippen LogP contribution in [0.2, 0.25) is 0 Å². The normalized spacial score (nSPS) is 11.2. The summed E-state index contributed by atoms with van der Waals surface area (Å²) in [5.41, 5.74) is 2.83. The van der Waals surface area contributed by atoms with Crippen molar-refractivity contribution in [2.45, 2.75) is 20.3 Å². The topological polar surface area (TPSA) is 77.0 Å². The Kier molecular flexibility index (Phi) is 6.31. The maximum absolute atomic E-state index is 11.8. The third-order valence-corrected chi connectivity index (χ3v) is 3.19. The standard InChI is InChI=1S/C18H20N2O4/c1-3-23-18(22)11-13(2)19-20-17(21)12-24-16-10-6-8-14-7-4-5-9-15(14)16/h4-10H,3,11-12H2,1-2H3,(H,20,21). The summed E-state index contributed by atoms with van der Waals surface area (Å²) in [5, 5.41) is 5.84. The van der Waals surface area contributed by atoms with Crippen molar-refractivity contribution in [1.29, 1.82) is 0 Å². The van der Waals surface area contributed by atoms with Gasteiger partial charge in [0.1, 0.15) is 5.75 Å². The minimum atomic E-state index is -0.397. The SMILES string of the molecule is CCOC(=O)CC(C)=NNC(=O)COc1cccc2ccccc12. The minimum absolute atomic E-state index is 0.0400. The van der Waals surface area contributed by atoms with E-state index in [0.29, 0.717) is 18.1 Å². The Balaban J connectivity index is 1.87. The monoisotopic (exact) mass is 328 g/mol. The molecule has 6 nitrogen and oxygen atoms in total. The van der Waals surface area contributed by atoms with Crippen molar-refractivity contribution in [2.75, 3.05) is 13.2 Å². The molecule has 0 aliphatic rings.